The lowest BCUT2D eigenvalue weighted by molar-refractivity contribution is -0.119. The molecule has 0 heterocycles. The minimum atomic E-state index is -0.609. The zero-order valence-corrected chi connectivity index (χ0v) is 10.5. The summed E-state index contributed by atoms with van der Waals surface area (Å²) in [5.74, 6) is -0.833. The third kappa shape index (κ3) is 4.84. The van der Waals surface area contributed by atoms with E-state index in [1.54, 1.807) is 0 Å². The van der Waals surface area contributed by atoms with E-state index < -0.39 is 11.9 Å². The maximum Gasteiger partial charge on any atom is 0.338 e. The number of carbonyl (C=O) groups excluding carboxylic acids is 2. The van der Waals surface area contributed by atoms with Crippen molar-refractivity contribution in [1.82, 2.24) is 0 Å². The number of hydrogen-bond acceptors (Lipinski definition) is 6. The summed E-state index contributed by atoms with van der Waals surface area (Å²) in [6.07, 6.45) is 0. The molecule has 1 aromatic carbocycles. The number of rotatable bonds is 7. The predicted octanol–water partition coefficient (Wildman–Crippen LogP) is -0.0639. The first kappa shape index (κ1) is 14.8. The van der Waals surface area contributed by atoms with Gasteiger partial charge in [0.25, 0.3) is 5.91 Å². The van der Waals surface area contributed by atoms with E-state index in [9.17, 15) is 9.59 Å². The smallest absolute Gasteiger partial charge is 0.338 e. The fraction of sp³-hybridized carbons (Fsp3) is 0.333. The van der Waals surface area contributed by atoms with Crippen LogP contribution in [0.3, 0.4) is 0 Å². The molecule has 1 aromatic rings. The van der Waals surface area contributed by atoms with Gasteiger partial charge in [0.15, 0.2) is 6.61 Å². The number of esters is 1. The normalized spacial score (nSPS) is 9.95. The van der Waals surface area contributed by atoms with Crippen molar-refractivity contribution in [3.63, 3.8) is 0 Å². The highest BCUT2D eigenvalue weighted by molar-refractivity contribution is 5.91. The summed E-state index contributed by atoms with van der Waals surface area (Å²) in [5.41, 5.74) is 11.2. The maximum absolute atomic E-state index is 11.6. The van der Waals surface area contributed by atoms with E-state index in [-0.39, 0.29) is 24.7 Å². The Balaban J connectivity index is 2.65. The Labute approximate surface area is 110 Å². The van der Waals surface area contributed by atoms with Crippen LogP contribution in [-0.2, 0) is 14.3 Å². The quantitative estimate of drug-likeness (QED) is 0.406. The van der Waals surface area contributed by atoms with E-state index in [0.29, 0.717) is 12.2 Å². The lowest BCUT2D eigenvalue weighted by Crippen LogP contribution is -2.20. The topological polar surface area (TPSA) is 114 Å². The van der Waals surface area contributed by atoms with Crippen molar-refractivity contribution in [2.75, 3.05) is 32.7 Å². The number of methoxy groups -OCH3 is 1. The third-order valence-corrected chi connectivity index (χ3v) is 2.14. The molecular formula is C12H16N2O5. The Bertz CT molecular complexity index is 461. The summed E-state index contributed by atoms with van der Waals surface area (Å²) in [5, 5.41) is 0. The minimum Gasteiger partial charge on any atom is -0.482 e. The monoisotopic (exact) mass is 268 g/mol. The lowest BCUT2D eigenvalue weighted by atomic mass is 10.2. The molecule has 0 unspecified atom stereocenters. The molecular weight excluding hydrogens is 252 g/mol. The first-order valence-corrected chi connectivity index (χ1v) is 5.51. The molecule has 19 heavy (non-hydrogen) atoms. The highest BCUT2D eigenvalue weighted by Crippen LogP contribution is 2.22. The second-order valence-corrected chi connectivity index (χ2v) is 3.64. The van der Waals surface area contributed by atoms with E-state index in [1.807, 2.05) is 0 Å². The molecule has 0 fully saturated rings. The van der Waals surface area contributed by atoms with Crippen LogP contribution in [0.25, 0.3) is 0 Å². The molecule has 7 heteroatoms. The molecule has 0 bridgehead atoms. The largest absolute Gasteiger partial charge is 0.482 e. The zero-order chi connectivity index (χ0) is 14.3. The second-order valence-electron chi connectivity index (χ2n) is 3.64. The maximum atomic E-state index is 11.6. The van der Waals surface area contributed by atoms with Crippen LogP contribution >= 0.6 is 0 Å². The Morgan fingerprint density at radius 1 is 1.26 bits per heavy atom. The van der Waals surface area contributed by atoms with Gasteiger partial charge in [0.2, 0.25) is 0 Å². The van der Waals surface area contributed by atoms with Crippen LogP contribution in [0, 0.1) is 0 Å². The highest BCUT2D eigenvalue weighted by atomic mass is 16.6. The van der Waals surface area contributed by atoms with Gasteiger partial charge >= 0.3 is 5.97 Å². The van der Waals surface area contributed by atoms with Gasteiger partial charge in [-0.15, -0.1) is 0 Å². The van der Waals surface area contributed by atoms with Gasteiger partial charge in [-0.2, -0.15) is 0 Å². The molecule has 0 aromatic heterocycles. The molecule has 0 saturated heterocycles. The summed E-state index contributed by atoms with van der Waals surface area (Å²) in [4.78, 5) is 22.2. The number of nitrogens with two attached hydrogens (primary N) is 2. The van der Waals surface area contributed by atoms with Crippen LogP contribution in [-0.4, -0.2) is 38.8 Å². The van der Waals surface area contributed by atoms with E-state index in [4.69, 9.17) is 25.7 Å². The molecule has 1 amide bonds. The summed E-state index contributed by atoms with van der Waals surface area (Å²) in [6.45, 7) is 0.206. The third-order valence-electron chi connectivity index (χ3n) is 2.14. The SMILES string of the molecule is COCCOC(=O)c1ccc(OCC(N)=O)c(N)c1. The average molecular weight is 268 g/mol. The van der Waals surface area contributed by atoms with E-state index >= 15 is 0 Å². The summed E-state index contributed by atoms with van der Waals surface area (Å²) < 4.78 is 14.7. The van der Waals surface area contributed by atoms with Crippen LogP contribution in [0.2, 0.25) is 0 Å². The van der Waals surface area contributed by atoms with Crippen LogP contribution in [0.5, 0.6) is 5.75 Å². The van der Waals surface area contributed by atoms with Crippen LogP contribution < -0.4 is 16.2 Å². The number of primary amides is 1. The van der Waals surface area contributed by atoms with Crippen molar-refractivity contribution >= 4 is 17.6 Å². The molecule has 0 aliphatic rings. The van der Waals surface area contributed by atoms with Crippen molar-refractivity contribution in [2.24, 2.45) is 5.73 Å². The molecule has 0 spiro atoms. The Morgan fingerprint density at radius 2 is 2.00 bits per heavy atom. The number of ether oxygens (including phenoxy) is 3. The molecule has 1 rings (SSSR count). The number of amides is 1. The number of anilines is 1. The molecule has 0 saturated carbocycles. The van der Waals surface area contributed by atoms with Gasteiger partial charge in [-0.3, -0.25) is 4.79 Å². The Morgan fingerprint density at radius 3 is 2.58 bits per heavy atom. The number of nitrogen functional groups attached to an aromatic ring is 1. The van der Waals surface area contributed by atoms with Crippen molar-refractivity contribution in [3.05, 3.63) is 23.8 Å². The van der Waals surface area contributed by atoms with Gasteiger partial charge in [0, 0.05) is 7.11 Å². The Kier molecular flexibility index (Phi) is 5.62. The fourth-order valence-corrected chi connectivity index (χ4v) is 1.26. The summed E-state index contributed by atoms with van der Waals surface area (Å²) in [7, 11) is 1.51. The average Bonchev–Trinajstić information content (AvgIpc) is 2.37. The van der Waals surface area contributed by atoms with Crippen molar-refractivity contribution < 1.29 is 23.8 Å². The van der Waals surface area contributed by atoms with Crippen LogP contribution in [0.15, 0.2) is 18.2 Å². The summed E-state index contributed by atoms with van der Waals surface area (Å²) >= 11 is 0. The van der Waals surface area contributed by atoms with Crippen LogP contribution in [0.4, 0.5) is 5.69 Å². The lowest BCUT2D eigenvalue weighted by Gasteiger charge is -2.09. The first-order valence-electron chi connectivity index (χ1n) is 5.51. The van der Waals surface area contributed by atoms with E-state index in [2.05, 4.69) is 0 Å². The highest BCUT2D eigenvalue weighted by Gasteiger charge is 2.10. The minimum absolute atomic E-state index is 0.162. The van der Waals surface area contributed by atoms with Crippen LogP contribution in [0.1, 0.15) is 10.4 Å². The molecule has 0 atom stereocenters. The molecule has 104 valence electrons. The van der Waals surface area contributed by atoms with Gasteiger partial charge in [-0.1, -0.05) is 0 Å². The standard InChI is InChI=1S/C12H16N2O5/c1-17-4-5-18-12(16)8-2-3-10(9(13)6-8)19-7-11(14)15/h2-3,6H,4-5,7,13H2,1H3,(H2,14,15). The summed E-state index contributed by atoms with van der Waals surface area (Å²) in [6, 6.07) is 4.37. The molecule has 7 nitrogen and oxygen atoms in total. The van der Waals surface area contributed by atoms with Crippen molar-refractivity contribution in [3.8, 4) is 5.75 Å². The van der Waals surface area contributed by atoms with Crippen molar-refractivity contribution in [1.29, 1.82) is 0 Å². The number of benzene rings is 1. The number of hydrogen-bond donors (Lipinski definition) is 2. The Hall–Kier alpha value is -2.28. The number of carbonyl (C=O) groups is 2. The molecule has 4 N–H and O–H groups in total. The fourth-order valence-electron chi connectivity index (χ4n) is 1.26. The first-order chi connectivity index (χ1) is 9.04. The second kappa shape index (κ2) is 7.22. The zero-order valence-electron chi connectivity index (χ0n) is 10.5. The van der Waals surface area contributed by atoms with Gasteiger partial charge in [-0.05, 0) is 18.2 Å². The van der Waals surface area contributed by atoms with Gasteiger partial charge < -0.3 is 25.7 Å². The van der Waals surface area contributed by atoms with Gasteiger partial charge in [0.05, 0.1) is 17.9 Å². The van der Waals surface area contributed by atoms with Gasteiger partial charge in [0.1, 0.15) is 12.4 Å². The van der Waals surface area contributed by atoms with Crippen molar-refractivity contribution in [2.45, 2.75) is 0 Å². The molecule has 0 radical (unpaired) electrons. The van der Waals surface area contributed by atoms with E-state index in [0.717, 1.165) is 0 Å². The molecule has 0 aliphatic carbocycles. The van der Waals surface area contributed by atoms with E-state index in [1.165, 1.54) is 25.3 Å². The predicted molar refractivity (Wildman–Crippen MR) is 67.7 cm³/mol. The van der Waals surface area contributed by atoms with Gasteiger partial charge in [-0.25, -0.2) is 4.79 Å². The molecule has 0 aliphatic heterocycles.